The number of aryl methyl sites for hydroxylation is 6. The highest BCUT2D eigenvalue weighted by Gasteiger charge is 2.26. The molecule has 0 unspecified atom stereocenters. The molecular formula is C28H28N+. The van der Waals surface area contributed by atoms with Crippen LogP contribution in [0.25, 0.3) is 33.2 Å². The second-order valence-corrected chi connectivity index (χ2v) is 8.80. The lowest BCUT2D eigenvalue weighted by Crippen LogP contribution is -2.31. The van der Waals surface area contributed by atoms with Gasteiger partial charge in [0.25, 0.3) is 0 Å². The van der Waals surface area contributed by atoms with Gasteiger partial charge < -0.3 is 0 Å². The average Bonchev–Trinajstić information content (AvgIpc) is 2.68. The molecule has 0 fully saturated rings. The van der Waals surface area contributed by atoms with Gasteiger partial charge in [0, 0.05) is 12.1 Å². The highest BCUT2D eigenvalue weighted by Crippen LogP contribution is 2.43. The summed E-state index contributed by atoms with van der Waals surface area (Å²) in [6.45, 7) is 8.90. The monoisotopic (exact) mass is 378 g/mol. The van der Waals surface area contributed by atoms with Gasteiger partial charge in [0.2, 0.25) is 5.69 Å². The van der Waals surface area contributed by atoms with Gasteiger partial charge in [-0.15, -0.1) is 0 Å². The zero-order valence-corrected chi connectivity index (χ0v) is 18.1. The van der Waals surface area contributed by atoms with E-state index < -0.39 is 0 Å². The summed E-state index contributed by atoms with van der Waals surface area (Å²) >= 11 is 0. The molecule has 1 heterocycles. The van der Waals surface area contributed by atoms with Gasteiger partial charge in [-0.1, -0.05) is 35.9 Å². The Labute approximate surface area is 173 Å². The highest BCUT2D eigenvalue weighted by molar-refractivity contribution is 5.93. The van der Waals surface area contributed by atoms with Crippen LogP contribution >= 0.6 is 0 Å². The lowest BCUT2D eigenvalue weighted by Gasteiger charge is -2.26. The van der Waals surface area contributed by atoms with Crippen molar-refractivity contribution >= 4 is 10.8 Å². The summed E-state index contributed by atoms with van der Waals surface area (Å²) in [5.41, 5.74) is 14.0. The van der Waals surface area contributed by atoms with E-state index in [0.29, 0.717) is 0 Å². The molecule has 3 aromatic carbocycles. The van der Waals surface area contributed by atoms with Gasteiger partial charge in [-0.25, -0.2) is 4.57 Å². The Morgan fingerprint density at radius 3 is 2.28 bits per heavy atom. The number of rotatable bonds is 1. The second-order valence-electron chi connectivity index (χ2n) is 8.80. The first-order chi connectivity index (χ1) is 13.9. The van der Waals surface area contributed by atoms with Crippen molar-refractivity contribution in [1.82, 2.24) is 0 Å². The van der Waals surface area contributed by atoms with E-state index in [1.165, 1.54) is 66.5 Å². The van der Waals surface area contributed by atoms with Crippen LogP contribution in [-0.2, 0) is 19.9 Å². The Hall–Kier alpha value is -2.93. The Bertz CT molecular complexity index is 1290. The minimum atomic E-state index is 1.10. The Morgan fingerprint density at radius 1 is 0.690 bits per heavy atom. The molecule has 0 radical (unpaired) electrons. The molecule has 29 heavy (non-hydrogen) atoms. The van der Waals surface area contributed by atoms with Crippen molar-refractivity contribution in [3.8, 4) is 22.4 Å². The normalized spacial score (nSPS) is 12.7. The summed E-state index contributed by atoms with van der Waals surface area (Å²) in [6, 6.07) is 18.5. The van der Waals surface area contributed by atoms with E-state index >= 15 is 0 Å². The largest absolute Gasteiger partial charge is 0.213 e. The number of fused-ring (bicyclic) bond motifs is 4. The van der Waals surface area contributed by atoms with Crippen molar-refractivity contribution in [1.29, 1.82) is 0 Å². The predicted octanol–water partition coefficient (Wildman–Crippen LogP) is 6.33. The van der Waals surface area contributed by atoms with E-state index in [1.54, 1.807) is 0 Å². The van der Waals surface area contributed by atoms with E-state index in [1.807, 2.05) is 0 Å². The fraction of sp³-hybridized carbons (Fsp3) is 0.250. The lowest BCUT2D eigenvalue weighted by molar-refractivity contribution is -0.660. The molecule has 1 aromatic heterocycles. The minimum absolute atomic E-state index is 1.10. The van der Waals surface area contributed by atoms with Crippen molar-refractivity contribution in [2.24, 2.45) is 7.05 Å². The molecule has 0 bridgehead atoms. The fourth-order valence-corrected chi connectivity index (χ4v) is 5.14. The van der Waals surface area contributed by atoms with Gasteiger partial charge in [-0.2, -0.15) is 0 Å². The van der Waals surface area contributed by atoms with Crippen molar-refractivity contribution in [3.05, 3.63) is 88.1 Å². The van der Waals surface area contributed by atoms with Gasteiger partial charge in [-0.05, 0) is 96.3 Å². The summed E-state index contributed by atoms with van der Waals surface area (Å²) in [5, 5.41) is 2.70. The third kappa shape index (κ3) is 2.88. The van der Waals surface area contributed by atoms with E-state index in [4.69, 9.17) is 0 Å². The molecule has 1 aliphatic rings. The summed E-state index contributed by atoms with van der Waals surface area (Å²) in [7, 11) is 2.16. The number of hydrogen-bond donors (Lipinski definition) is 0. The number of nitrogens with zero attached hydrogens (tertiary/aromatic N) is 1. The molecule has 144 valence electrons. The molecule has 0 saturated carbocycles. The van der Waals surface area contributed by atoms with Crippen molar-refractivity contribution in [3.63, 3.8) is 0 Å². The lowest BCUT2D eigenvalue weighted by atomic mass is 9.78. The number of aromatic nitrogens is 1. The van der Waals surface area contributed by atoms with Crippen LogP contribution in [0, 0.1) is 27.7 Å². The minimum Gasteiger partial charge on any atom is -0.201 e. The van der Waals surface area contributed by atoms with Crippen molar-refractivity contribution in [2.45, 2.75) is 40.5 Å². The van der Waals surface area contributed by atoms with Gasteiger partial charge in [-0.3, -0.25) is 0 Å². The van der Waals surface area contributed by atoms with E-state index in [-0.39, 0.29) is 0 Å². The number of benzene rings is 3. The quantitative estimate of drug-likeness (QED) is 0.341. The third-order valence-corrected chi connectivity index (χ3v) is 6.52. The zero-order valence-electron chi connectivity index (χ0n) is 18.1. The van der Waals surface area contributed by atoms with E-state index in [0.717, 1.165) is 12.8 Å². The van der Waals surface area contributed by atoms with Crippen LogP contribution in [0.4, 0.5) is 0 Å². The summed E-state index contributed by atoms with van der Waals surface area (Å²) in [6.07, 6.45) is 4.39. The van der Waals surface area contributed by atoms with Crippen LogP contribution in [0.2, 0.25) is 0 Å². The smallest absolute Gasteiger partial charge is 0.201 e. The SMILES string of the molecule is Cc1cc[n+](C)c(-c2c(C)cc(C)c3c2CCc2cc4cc(C)ccc4cc2-3)c1. The van der Waals surface area contributed by atoms with Crippen LogP contribution in [0.1, 0.15) is 33.4 Å². The number of pyridine rings is 1. The predicted molar refractivity (Wildman–Crippen MR) is 122 cm³/mol. The van der Waals surface area contributed by atoms with E-state index in [9.17, 15) is 0 Å². The number of hydrogen-bond acceptors (Lipinski definition) is 0. The summed E-state index contributed by atoms with van der Waals surface area (Å²) in [5.74, 6) is 0. The van der Waals surface area contributed by atoms with Crippen LogP contribution in [0.3, 0.4) is 0 Å². The molecule has 0 spiro atoms. The fourth-order valence-electron chi connectivity index (χ4n) is 5.14. The molecule has 0 saturated heterocycles. The van der Waals surface area contributed by atoms with Crippen LogP contribution in [0.15, 0.2) is 54.7 Å². The van der Waals surface area contributed by atoms with Crippen LogP contribution in [0.5, 0.6) is 0 Å². The topological polar surface area (TPSA) is 3.88 Å². The zero-order chi connectivity index (χ0) is 20.3. The van der Waals surface area contributed by atoms with E-state index in [2.05, 4.69) is 94.0 Å². The molecular weight excluding hydrogens is 350 g/mol. The maximum atomic E-state index is 2.42. The Kier molecular flexibility index (Phi) is 4.10. The van der Waals surface area contributed by atoms with Gasteiger partial charge >= 0.3 is 0 Å². The first-order valence-corrected chi connectivity index (χ1v) is 10.6. The summed E-state index contributed by atoms with van der Waals surface area (Å²) in [4.78, 5) is 0. The molecule has 0 amide bonds. The second kappa shape index (κ2) is 6.56. The molecule has 5 rings (SSSR count). The van der Waals surface area contributed by atoms with Gasteiger partial charge in [0.1, 0.15) is 7.05 Å². The van der Waals surface area contributed by atoms with Gasteiger partial charge in [0.15, 0.2) is 6.20 Å². The molecule has 0 aliphatic heterocycles. The molecule has 0 N–H and O–H groups in total. The Balaban J connectivity index is 1.82. The molecule has 1 nitrogen and oxygen atoms in total. The maximum absolute atomic E-state index is 2.42. The standard InChI is InChI=1S/C28H28N/c1-17-6-7-21-16-25-22(15-23(21)12-17)8-9-24-27(25)19(3)14-20(4)28(24)26-13-18(2)10-11-29(26)5/h6-7,10-16H,8-9H2,1-5H3/q+1. The molecule has 1 heteroatoms. The molecule has 1 aliphatic carbocycles. The first-order valence-electron chi connectivity index (χ1n) is 10.6. The van der Waals surface area contributed by atoms with Crippen LogP contribution < -0.4 is 4.57 Å². The van der Waals surface area contributed by atoms with Crippen LogP contribution in [-0.4, -0.2) is 0 Å². The first kappa shape index (κ1) is 18.1. The summed E-state index contributed by atoms with van der Waals surface area (Å²) < 4.78 is 2.27. The molecule has 0 atom stereocenters. The highest BCUT2D eigenvalue weighted by atomic mass is 14.9. The van der Waals surface area contributed by atoms with Crippen molar-refractivity contribution in [2.75, 3.05) is 0 Å². The van der Waals surface area contributed by atoms with Gasteiger partial charge in [0.05, 0.1) is 5.56 Å². The van der Waals surface area contributed by atoms with Crippen molar-refractivity contribution < 1.29 is 4.57 Å². The Morgan fingerprint density at radius 2 is 1.45 bits per heavy atom. The third-order valence-electron chi connectivity index (χ3n) is 6.52. The molecule has 4 aromatic rings. The maximum Gasteiger partial charge on any atom is 0.213 e. The average molecular weight is 379 g/mol.